The molecule has 186 valence electrons. The molecule has 1 atom stereocenters. The van der Waals surface area contributed by atoms with Gasteiger partial charge >= 0.3 is 6.03 Å². The number of pyridine rings is 1. The molecule has 3 aromatic rings. The molecule has 2 aliphatic heterocycles. The van der Waals surface area contributed by atoms with Gasteiger partial charge in [-0.1, -0.05) is 12.1 Å². The molecule has 0 unspecified atom stereocenters. The molecule has 1 aromatic carbocycles. The number of halogens is 2. The third-order valence-electron chi connectivity index (χ3n) is 6.23. The van der Waals surface area contributed by atoms with Crippen LogP contribution >= 0.6 is 0 Å². The molecule has 12 heteroatoms. The van der Waals surface area contributed by atoms with Crippen LogP contribution in [0.25, 0.3) is 5.82 Å². The molecule has 5 rings (SSSR count). The number of carbonyl (C=O) groups excluding carboxylic acids is 2. The number of aryl methyl sites for hydroxylation is 1. The zero-order valence-corrected chi connectivity index (χ0v) is 19.6. The van der Waals surface area contributed by atoms with Crippen LogP contribution in [-0.2, 0) is 0 Å². The summed E-state index contributed by atoms with van der Waals surface area (Å²) in [6.45, 7) is 3.76. The summed E-state index contributed by atoms with van der Waals surface area (Å²) in [7, 11) is 0. The van der Waals surface area contributed by atoms with E-state index in [-0.39, 0.29) is 48.1 Å². The largest absolute Gasteiger partial charge is 0.483 e. The predicted octanol–water partition coefficient (Wildman–Crippen LogP) is 2.88. The third-order valence-corrected chi connectivity index (χ3v) is 6.23. The molecule has 1 fully saturated rings. The maximum atomic E-state index is 14.5. The maximum Gasteiger partial charge on any atom is 0.341 e. The summed E-state index contributed by atoms with van der Waals surface area (Å²) in [4.78, 5) is 30.3. The first-order valence-electron chi connectivity index (χ1n) is 11.3. The van der Waals surface area contributed by atoms with Gasteiger partial charge in [-0.2, -0.15) is 10.2 Å². The van der Waals surface area contributed by atoms with Gasteiger partial charge in [-0.3, -0.25) is 4.79 Å². The van der Waals surface area contributed by atoms with Crippen molar-refractivity contribution in [3.05, 3.63) is 70.7 Å². The highest BCUT2D eigenvalue weighted by Crippen LogP contribution is 2.31. The Labute approximate surface area is 205 Å². The first-order chi connectivity index (χ1) is 17.2. The second kappa shape index (κ2) is 9.02. The van der Waals surface area contributed by atoms with E-state index in [1.54, 1.807) is 32.2 Å². The molecule has 0 radical (unpaired) electrons. The van der Waals surface area contributed by atoms with Gasteiger partial charge < -0.3 is 15.4 Å². The smallest absolute Gasteiger partial charge is 0.341 e. The molecule has 1 saturated heterocycles. The van der Waals surface area contributed by atoms with Crippen LogP contribution in [0.15, 0.2) is 41.6 Å². The summed E-state index contributed by atoms with van der Waals surface area (Å²) in [5, 5.41) is 9.78. The minimum Gasteiger partial charge on any atom is -0.483 e. The van der Waals surface area contributed by atoms with Crippen molar-refractivity contribution in [3.8, 4) is 11.6 Å². The molecule has 10 nitrogen and oxygen atoms in total. The van der Waals surface area contributed by atoms with Crippen molar-refractivity contribution in [1.29, 1.82) is 0 Å². The highest BCUT2D eigenvalue weighted by Gasteiger charge is 2.39. The Morgan fingerprint density at radius 2 is 1.94 bits per heavy atom. The van der Waals surface area contributed by atoms with Crippen LogP contribution in [0.5, 0.6) is 5.75 Å². The van der Waals surface area contributed by atoms with Crippen molar-refractivity contribution in [3.63, 3.8) is 0 Å². The van der Waals surface area contributed by atoms with Crippen molar-refractivity contribution < 1.29 is 23.1 Å². The number of benzene rings is 1. The van der Waals surface area contributed by atoms with Gasteiger partial charge in [0, 0.05) is 18.7 Å². The van der Waals surface area contributed by atoms with Crippen LogP contribution in [0.2, 0.25) is 0 Å². The van der Waals surface area contributed by atoms with Gasteiger partial charge in [-0.05, 0) is 31.5 Å². The van der Waals surface area contributed by atoms with Crippen molar-refractivity contribution in [2.24, 2.45) is 10.8 Å². The van der Waals surface area contributed by atoms with E-state index in [1.807, 2.05) is 0 Å². The number of hydrogen-bond acceptors (Lipinski definition) is 6. The second-order valence-corrected chi connectivity index (χ2v) is 8.67. The molecular weight excluding hydrogens is 472 g/mol. The number of ether oxygens (including phenoxy) is 1. The van der Waals surface area contributed by atoms with Crippen molar-refractivity contribution >= 4 is 18.2 Å². The van der Waals surface area contributed by atoms with Crippen LogP contribution in [-0.4, -0.2) is 62.0 Å². The molecule has 0 bridgehead atoms. The molecular formula is C24H23F2N7O3. The zero-order valence-electron chi connectivity index (χ0n) is 19.6. The summed E-state index contributed by atoms with van der Waals surface area (Å²) in [6.07, 6.45) is 2.67. The third kappa shape index (κ3) is 4.14. The lowest BCUT2D eigenvalue weighted by Crippen LogP contribution is -2.58. The molecule has 2 aromatic heterocycles. The molecule has 2 aliphatic rings. The number of urea groups is 1. The highest BCUT2D eigenvalue weighted by molar-refractivity contribution is 5.95. The topological polar surface area (TPSA) is 119 Å². The summed E-state index contributed by atoms with van der Waals surface area (Å²) >= 11 is 0. The van der Waals surface area contributed by atoms with E-state index in [2.05, 4.69) is 15.2 Å². The van der Waals surface area contributed by atoms with Crippen molar-refractivity contribution in [2.45, 2.75) is 32.4 Å². The van der Waals surface area contributed by atoms with E-state index in [1.165, 1.54) is 32.8 Å². The van der Waals surface area contributed by atoms with Crippen molar-refractivity contribution in [1.82, 2.24) is 24.7 Å². The van der Waals surface area contributed by atoms with Gasteiger partial charge in [-0.25, -0.2) is 28.3 Å². The average Bonchev–Trinajstić information content (AvgIpc) is 3.41. The summed E-state index contributed by atoms with van der Waals surface area (Å²) in [5.74, 6) is -1.46. The molecule has 2 N–H and O–H groups in total. The Hall–Kier alpha value is -4.35. The summed E-state index contributed by atoms with van der Waals surface area (Å²) in [6, 6.07) is 6.74. The molecule has 3 amide bonds. The first-order valence-corrected chi connectivity index (χ1v) is 11.3. The Morgan fingerprint density at radius 3 is 2.64 bits per heavy atom. The minimum atomic E-state index is -0.671. The number of amides is 3. The summed E-state index contributed by atoms with van der Waals surface area (Å²) in [5.41, 5.74) is 7.27. The lowest BCUT2D eigenvalue weighted by atomic mass is 10.0. The predicted molar refractivity (Wildman–Crippen MR) is 125 cm³/mol. The number of nitrogens with two attached hydrogens (primary N) is 1. The Morgan fingerprint density at radius 1 is 1.17 bits per heavy atom. The van der Waals surface area contributed by atoms with Gasteiger partial charge in [0.25, 0.3) is 5.91 Å². The monoisotopic (exact) mass is 495 g/mol. The fourth-order valence-corrected chi connectivity index (χ4v) is 4.42. The van der Waals surface area contributed by atoms with E-state index in [9.17, 15) is 18.4 Å². The van der Waals surface area contributed by atoms with Crippen LogP contribution in [0, 0.1) is 25.5 Å². The van der Waals surface area contributed by atoms with E-state index in [4.69, 9.17) is 10.5 Å². The molecule has 0 saturated carbocycles. The normalized spacial score (nSPS) is 17.4. The molecule has 0 spiro atoms. The Kier molecular flexibility index (Phi) is 5.86. The van der Waals surface area contributed by atoms with Crippen LogP contribution in [0.3, 0.4) is 0 Å². The number of hydrogen-bond donors (Lipinski definition) is 1. The standard InChI is InChI=1S/C24H23F2N7O3/c1-13-22(23(27)34)14(2)32(30-13)21-9-20(18(26)10-28-21)36-17-11-31(12-17)24(35)33-19(6-7-29-33)15-4-3-5-16(25)8-15/h3-5,7-10,17,19H,6,11-12H2,1-2H3,(H2,27,34)/t19-/m0/s1. The van der Waals surface area contributed by atoms with Crippen LogP contribution in [0.4, 0.5) is 13.6 Å². The summed E-state index contributed by atoms with van der Waals surface area (Å²) < 4.78 is 35.3. The second-order valence-electron chi connectivity index (χ2n) is 8.67. The van der Waals surface area contributed by atoms with E-state index >= 15 is 0 Å². The molecule has 0 aliphatic carbocycles. The number of rotatable bonds is 5. The quantitative estimate of drug-likeness (QED) is 0.584. The van der Waals surface area contributed by atoms with Gasteiger partial charge in [0.1, 0.15) is 11.9 Å². The van der Waals surface area contributed by atoms with Crippen LogP contribution < -0.4 is 10.5 Å². The Balaban J connectivity index is 1.26. The molecule has 4 heterocycles. The van der Waals surface area contributed by atoms with E-state index in [0.717, 1.165) is 6.20 Å². The van der Waals surface area contributed by atoms with Gasteiger partial charge in [-0.15, -0.1) is 0 Å². The Bertz CT molecular complexity index is 1380. The first kappa shape index (κ1) is 23.4. The SMILES string of the molecule is Cc1nn(-c2cc(OC3CN(C(=O)N4N=CC[C@H]4c4cccc(F)c4)C3)c(F)cn2)c(C)c1C(N)=O. The number of hydrazone groups is 1. The maximum absolute atomic E-state index is 14.5. The fraction of sp³-hybridized carbons (Fsp3) is 0.292. The number of carbonyl (C=O) groups is 2. The number of aromatic nitrogens is 3. The van der Waals surface area contributed by atoms with Crippen LogP contribution in [0.1, 0.15) is 39.8 Å². The van der Waals surface area contributed by atoms with Gasteiger partial charge in [0.15, 0.2) is 17.4 Å². The fourth-order valence-electron chi connectivity index (χ4n) is 4.42. The lowest BCUT2D eigenvalue weighted by Gasteiger charge is -2.41. The number of primary amides is 1. The van der Waals surface area contributed by atoms with E-state index < -0.39 is 17.8 Å². The van der Waals surface area contributed by atoms with Gasteiger partial charge in [0.2, 0.25) is 0 Å². The van der Waals surface area contributed by atoms with E-state index in [0.29, 0.717) is 23.4 Å². The minimum absolute atomic E-state index is 0.0536. The number of nitrogens with zero attached hydrogens (tertiary/aromatic N) is 6. The van der Waals surface area contributed by atoms with Gasteiger partial charge in [0.05, 0.1) is 42.3 Å². The number of likely N-dealkylation sites (tertiary alicyclic amines) is 1. The highest BCUT2D eigenvalue weighted by atomic mass is 19.1. The molecule has 36 heavy (non-hydrogen) atoms. The lowest BCUT2D eigenvalue weighted by molar-refractivity contribution is 0.0256. The van der Waals surface area contributed by atoms with Crippen molar-refractivity contribution in [2.75, 3.05) is 13.1 Å². The zero-order chi connectivity index (χ0) is 25.6. The average molecular weight is 495 g/mol.